The molecule has 5 heteroatoms. The Morgan fingerprint density at radius 2 is 2.00 bits per heavy atom. The third kappa shape index (κ3) is 3.26. The van der Waals surface area contributed by atoms with Crippen LogP contribution in [0.15, 0.2) is 46.9 Å². The van der Waals surface area contributed by atoms with Crippen LogP contribution < -0.4 is 10.5 Å². The summed E-state index contributed by atoms with van der Waals surface area (Å²) >= 11 is 3.43. The van der Waals surface area contributed by atoms with E-state index in [0.717, 1.165) is 10.0 Å². The van der Waals surface area contributed by atoms with Crippen LogP contribution in [0.5, 0.6) is 5.75 Å². The van der Waals surface area contributed by atoms with Crippen LogP contribution in [0, 0.1) is 0 Å². The molecule has 19 heavy (non-hydrogen) atoms. The molecule has 2 aromatic carbocycles. The molecular formula is C14H12BrNO3. The number of hydrogen-bond acceptors (Lipinski definition) is 3. The first kappa shape index (κ1) is 13.4. The molecular weight excluding hydrogens is 310 g/mol. The van der Waals surface area contributed by atoms with Gasteiger partial charge in [-0.3, -0.25) is 0 Å². The number of aromatic carboxylic acids is 1. The molecule has 0 fully saturated rings. The maximum atomic E-state index is 11.0. The van der Waals surface area contributed by atoms with Gasteiger partial charge in [-0.15, -0.1) is 0 Å². The van der Waals surface area contributed by atoms with Gasteiger partial charge in [-0.25, -0.2) is 4.79 Å². The van der Waals surface area contributed by atoms with Gasteiger partial charge in [-0.2, -0.15) is 0 Å². The van der Waals surface area contributed by atoms with Crippen LogP contribution in [0.2, 0.25) is 0 Å². The Kier molecular flexibility index (Phi) is 4.06. The van der Waals surface area contributed by atoms with Crippen molar-refractivity contribution in [3.05, 3.63) is 58.1 Å². The quantitative estimate of drug-likeness (QED) is 0.847. The Balaban J connectivity index is 2.14. The van der Waals surface area contributed by atoms with Crippen molar-refractivity contribution in [3.63, 3.8) is 0 Å². The SMILES string of the molecule is Nc1ccc(OCc2ccccc2Br)cc1C(=O)O. The minimum Gasteiger partial charge on any atom is -0.489 e. The molecule has 0 saturated carbocycles. The van der Waals surface area contributed by atoms with Crippen LogP contribution in [0.25, 0.3) is 0 Å². The first-order chi connectivity index (χ1) is 9.08. The number of nitrogen functional groups attached to an aromatic ring is 1. The van der Waals surface area contributed by atoms with Gasteiger partial charge in [0.15, 0.2) is 0 Å². The molecule has 0 atom stereocenters. The second kappa shape index (κ2) is 5.75. The monoisotopic (exact) mass is 321 g/mol. The highest BCUT2D eigenvalue weighted by molar-refractivity contribution is 9.10. The fourth-order valence-electron chi connectivity index (χ4n) is 1.59. The summed E-state index contributed by atoms with van der Waals surface area (Å²) in [5.74, 6) is -0.591. The van der Waals surface area contributed by atoms with Crippen molar-refractivity contribution in [1.29, 1.82) is 0 Å². The Morgan fingerprint density at radius 3 is 2.68 bits per heavy atom. The molecule has 3 N–H and O–H groups in total. The molecule has 2 rings (SSSR count). The highest BCUT2D eigenvalue weighted by Gasteiger charge is 2.09. The van der Waals surface area contributed by atoms with Gasteiger partial charge in [-0.05, 0) is 24.3 Å². The van der Waals surface area contributed by atoms with Crippen molar-refractivity contribution in [2.75, 3.05) is 5.73 Å². The van der Waals surface area contributed by atoms with Crippen molar-refractivity contribution >= 4 is 27.6 Å². The summed E-state index contributed by atoms with van der Waals surface area (Å²) < 4.78 is 6.52. The van der Waals surface area contributed by atoms with Crippen LogP contribution in [0.4, 0.5) is 5.69 Å². The van der Waals surface area contributed by atoms with Gasteiger partial charge < -0.3 is 15.6 Å². The standard InChI is InChI=1S/C14H12BrNO3/c15-12-4-2-1-3-9(12)8-19-10-5-6-13(16)11(7-10)14(17)18/h1-7H,8,16H2,(H,17,18). The predicted molar refractivity (Wildman–Crippen MR) is 76.3 cm³/mol. The minimum atomic E-state index is -1.07. The molecule has 0 bridgehead atoms. The maximum absolute atomic E-state index is 11.0. The Bertz CT molecular complexity index is 613. The zero-order valence-electron chi connectivity index (χ0n) is 9.97. The van der Waals surface area contributed by atoms with Crippen LogP contribution in [-0.4, -0.2) is 11.1 Å². The van der Waals surface area contributed by atoms with Crippen LogP contribution in [0.1, 0.15) is 15.9 Å². The average molecular weight is 322 g/mol. The first-order valence-corrected chi connectivity index (χ1v) is 6.36. The topological polar surface area (TPSA) is 72.5 Å². The maximum Gasteiger partial charge on any atom is 0.337 e. The second-order valence-corrected chi connectivity index (χ2v) is 4.79. The molecule has 0 unspecified atom stereocenters. The highest BCUT2D eigenvalue weighted by atomic mass is 79.9. The van der Waals surface area contributed by atoms with E-state index in [1.807, 2.05) is 24.3 Å². The van der Waals surface area contributed by atoms with E-state index in [4.69, 9.17) is 15.6 Å². The lowest BCUT2D eigenvalue weighted by atomic mass is 10.1. The molecule has 4 nitrogen and oxygen atoms in total. The molecule has 0 radical (unpaired) electrons. The molecule has 0 aliphatic carbocycles. The minimum absolute atomic E-state index is 0.0460. The van der Waals surface area contributed by atoms with E-state index in [1.54, 1.807) is 6.07 Å². The number of benzene rings is 2. The lowest BCUT2D eigenvalue weighted by Gasteiger charge is -2.09. The van der Waals surface area contributed by atoms with Crippen LogP contribution >= 0.6 is 15.9 Å². The molecule has 0 aromatic heterocycles. The lowest BCUT2D eigenvalue weighted by molar-refractivity contribution is 0.0697. The number of ether oxygens (including phenoxy) is 1. The Hall–Kier alpha value is -2.01. The van der Waals surface area contributed by atoms with Gasteiger partial charge in [0.2, 0.25) is 0 Å². The summed E-state index contributed by atoms with van der Waals surface area (Å²) in [4.78, 5) is 11.0. The van der Waals surface area contributed by atoms with E-state index >= 15 is 0 Å². The van der Waals surface area contributed by atoms with Crippen molar-refractivity contribution in [2.24, 2.45) is 0 Å². The summed E-state index contributed by atoms with van der Waals surface area (Å²) in [6.07, 6.45) is 0. The van der Waals surface area contributed by atoms with Gasteiger partial charge in [0.1, 0.15) is 12.4 Å². The van der Waals surface area contributed by atoms with Gasteiger partial charge in [0, 0.05) is 15.7 Å². The normalized spacial score (nSPS) is 10.2. The summed E-state index contributed by atoms with van der Waals surface area (Å²) in [5, 5.41) is 8.98. The number of rotatable bonds is 4. The number of nitrogens with two attached hydrogens (primary N) is 1. The number of hydrogen-bond donors (Lipinski definition) is 2. The average Bonchev–Trinajstić information content (AvgIpc) is 2.39. The number of halogens is 1. The number of carbonyl (C=O) groups is 1. The van der Waals surface area contributed by atoms with E-state index in [1.165, 1.54) is 12.1 Å². The Labute approximate surface area is 118 Å². The summed E-state index contributed by atoms with van der Waals surface area (Å²) in [5.41, 5.74) is 6.83. The zero-order valence-corrected chi connectivity index (χ0v) is 11.6. The summed E-state index contributed by atoms with van der Waals surface area (Å²) in [6, 6.07) is 12.3. The largest absolute Gasteiger partial charge is 0.489 e. The van der Waals surface area contributed by atoms with E-state index < -0.39 is 5.97 Å². The van der Waals surface area contributed by atoms with E-state index in [-0.39, 0.29) is 11.3 Å². The lowest BCUT2D eigenvalue weighted by Crippen LogP contribution is -2.03. The highest BCUT2D eigenvalue weighted by Crippen LogP contribution is 2.22. The number of anilines is 1. The van der Waals surface area contributed by atoms with E-state index in [9.17, 15) is 4.79 Å². The number of carboxylic acids is 1. The third-order valence-corrected chi connectivity index (χ3v) is 3.38. The molecule has 0 aliphatic heterocycles. The van der Waals surface area contributed by atoms with Crippen molar-refractivity contribution < 1.29 is 14.6 Å². The molecule has 2 aromatic rings. The van der Waals surface area contributed by atoms with E-state index in [0.29, 0.717) is 12.4 Å². The van der Waals surface area contributed by atoms with Crippen molar-refractivity contribution in [2.45, 2.75) is 6.61 Å². The van der Waals surface area contributed by atoms with Gasteiger partial charge >= 0.3 is 5.97 Å². The van der Waals surface area contributed by atoms with Gasteiger partial charge in [0.05, 0.1) is 5.56 Å². The van der Waals surface area contributed by atoms with Crippen molar-refractivity contribution in [1.82, 2.24) is 0 Å². The molecule has 0 heterocycles. The summed E-state index contributed by atoms with van der Waals surface area (Å²) in [6.45, 7) is 0.352. The first-order valence-electron chi connectivity index (χ1n) is 5.57. The predicted octanol–water partition coefficient (Wildman–Crippen LogP) is 3.31. The molecule has 0 aliphatic rings. The smallest absolute Gasteiger partial charge is 0.337 e. The second-order valence-electron chi connectivity index (χ2n) is 3.93. The number of carboxylic acid groups (broad SMARTS) is 1. The summed E-state index contributed by atoms with van der Waals surface area (Å²) in [7, 11) is 0. The molecule has 98 valence electrons. The van der Waals surface area contributed by atoms with Gasteiger partial charge in [0.25, 0.3) is 0 Å². The Morgan fingerprint density at radius 1 is 1.26 bits per heavy atom. The zero-order chi connectivity index (χ0) is 13.8. The molecule has 0 amide bonds. The molecule has 0 spiro atoms. The van der Waals surface area contributed by atoms with E-state index in [2.05, 4.69) is 15.9 Å². The van der Waals surface area contributed by atoms with Crippen LogP contribution in [-0.2, 0) is 6.61 Å². The van der Waals surface area contributed by atoms with Gasteiger partial charge in [-0.1, -0.05) is 34.1 Å². The van der Waals surface area contributed by atoms with Crippen molar-refractivity contribution in [3.8, 4) is 5.75 Å². The molecule has 0 saturated heterocycles. The fourth-order valence-corrected chi connectivity index (χ4v) is 1.99. The fraction of sp³-hybridized carbons (Fsp3) is 0.0714. The van der Waals surface area contributed by atoms with Crippen LogP contribution in [0.3, 0.4) is 0 Å². The third-order valence-electron chi connectivity index (χ3n) is 2.61.